The summed E-state index contributed by atoms with van der Waals surface area (Å²) >= 11 is 0. The Balaban J connectivity index is 2.02. The first-order valence-electron chi connectivity index (χ1n) is 5.63. The summed E-state index contributed by atoms with van der Waals surface area (Å²) in [5.74, 6) is 2.79. The van der Waals surface area contributed by atoms with Crippen molar-refractivity contribution in [3.63, 3.8) is 0 Å². The number of furan rings is 1. The molecular weight excluding hydrogens is 214 g/mol. The van der Waals surface area contributed by atoms with Gasteiger partial charge in [0, 0.05) is 5.69 Å². The molecule has 0 radical (unpaired) electrons. The summed E-state index contributed by atoms with van der Waals surface area (Å²) in [5, 5.41) is 3.32. The number of nitrogens with one attached hydrogen (secondary N) is 1. The van der Waals surface area contributed by atoms with Crippen LogP contribution in [0, 0.1) is 13.8 Å². The Bertz CT molecular complexity index is 503. The van der Waals surface area contributed by atoms with Gasteiger partial charge >= 0.3 is 0 Å². The average Bonchev–Trinajstić information content (AvgIpc) is 2.73. The number of methoxy groups -OCH3 is 1. The van der Waals surface area contributed by atoms with Crippen LogP contribution in [0.2, 0.25) is 0 Å². The number of benzene rings is 1. The van der Waals surface area contributed by atoms with Crippen LogP contribution in [0.15, 0.2) is 34.7 Å². The second kappa shape index (κ2) is 4.95. The summed E-state index contributed by atoms with van der Waals surface area (Å²) in [4.78, 5) is 0. The van der Waals surface area contributed by atoms with Crippen molar-refractivity contribution in [2.75, 3.05) is 12.4 Å². The molecule has 1 N–H and O–H groups in total. The zero-order valence-electron chi connectivity index (χ0n) is 10.4. The molecule has 0 saturated heterocycles. The molecule has 0 amide bonds. The van der Waals surface area contributed by atoms with Crippen molar-refractivity contribution in [1.29, 1.82) is 0 Å². The lowest BCUT2D eigenvalue weighted by Gasteiger charge is -2.08. The number of hydrogen-bond acceptors (Lipinski definition) is 3. The standard InChI is InChI=1S/C14H17NO2/c1-10-8-12(5-7-14(10)16-3)15-9-13-6-4-11(2)17-13/h4-8,15H,9H2,1-3H3. The lowest BCUT2D eigenvalue weighted by molar-refractivity contribution is 0.412. The van der Waals surface area contributed by atoms with Crippen molar-refractivity contribution in [1.82, 2.24) is 0 Å². The number of ether oxygens (including phenoxy) is 1. The lowest BCUT2D eigenvalue weighted by Crippen LogP contribution is -1.98. The van der Waals surface area contributed by atoms with Crippen LogP contribution in [-0.2, 0) is 6.54 Å². The predicted octanol–water partition coefficient (Wildman–Crippen LogP) is 3.52. The van der Waals surface area contributed by atoms with Gasteiger partial charge in [-0.1, -0.05) is 0 Å². The minimum atomic E-state index is 0.694. The van der Waals surface area contributed by atoms with E-state index in [1.807, 2.05) is 38.1 Å². The molecule has 2 rings (SSSR count). The predicted molar refractivity (Wildman–Crippen MR) is 68.5 cm³/mol. The third-order valence-electron chi connectivity index (χ3n) is 2.66. The van der Waals surface area contributed by atoms with Crippen LogP contribution in [0.3, 0.4) is 0 Å². The van der Waals surface area contributed by atoms with E-state index in [0.29, 0.717) is 6.54 Å². The highest BCUT2D eigenvalue weighted by Crippen LogP contribution is 2.21. The topological polar surface area (TPSA) is 34.4 Å². The van der Waals surface area contributed by atoms with E-state index in [9.17, 15) is 0 Å². The van der Waals surface area contributed by atoms with Crippen molar-refractivity contribution in [3.05, 3.63) is 47.4 Å². The zero-order valence-corrected chi connectivity index (χ0v) is 10.4. The Morgan fingerprint density at radius 2 is 2.00 bits per heavy atom. The van der Waals surface area contributed by atoms with Gasteiger partial charge in [0.05, 0.1) is 13.7 Å². The Labute approximate surface area is 101 Å². The first-order chi connectivity index (χ1) is 8.19. The summed E-state index contributed by atoms with van der Waals surface area (Å²) in [6.07, 6.45) is 0. The molecule has 3 heteroatoms. The van der Waals surface area contributed by atoms with Crippen LogP contribution < -0.4 is 10.1 Å². The molecule has 17 heavy (non-hydrogen) atoms. The maximum absolute atomic E-state index is 5.49. The molecule has 0 spiro atoms. The normalized spacial score (nSPS) is 10.3. The number of anilines is 1. The van der Waals surface area contributed by atoms with Crippen LogP contribution in [0.1, 0.15) is 17.1 Å². The number of hydrogen-bond donors (Lipinski definition) is 1. The Kier molecular flexibility index (Phi) is 3.38. The van der Waals surface area contributed by atoms with E-state index in [1.165, 1.54) is 0 Å². The fourth-order valence-electron chi connectivity index (χ4n) is 1.76. The van der Waals surface area contributed by atoms with Gasteiger partial charge in [0.2, 0.25) is 0 Å². The van der Waals surface area contributed by atoms with Gasteiger partial charge in [-0.25, -0.2) is 0 Å². The molecule has 1 heterocycles. The highest BCUT2D eigenvalue weighted by atomic mass is 16.5. The summed E-state index contributed by atoms with van der Waals surface area (Å²) in [5.41, 5.74) is 2.19. The molecule has 0 fully saturated rings. The minimum Gasteiger partial charge on any atom is -0.496 e. The summed E-state index contributed by atoms with van der Waals surface area (Å²) in [6.45, 7) is 4.67. The fraction of sp³-hybridized carbons (Fsp3) is 0.286. The van der Waals surface area contributed by atoms with Gasteiger partial charge in [0.15, 0.2) is 0 Å². The maximum atomic E-state index is 5.49. The molecule has 1 aromatic carbocycles. The second-order valence-corrected chi connectivity index (χ2v) is 4.05. The van der Waals surface area contributed by atoms with Crippen molar-refractivity contribution < 1.29 is 9.15 Å². The first-order valence-corrected chi connectivity index (χ1v) is 5.63. The van der Waals surface area contributed by atoms with E-state index in [4.69, 9.17) is 9.15 Å². The first kappa shape index (κ1) is 11.6. The average molecular weight is 231 g/mol. The third-order valence-corrected chi connectivity index (χ3v) is 2.66. The summed E-state index contributed by atoms with van der Waals surface area (Å²) < 4.78 is 10.7. The smallest absolute Gasteiger partial charge is 0.123 e. The molecule has 0 aliphatic heterocycles. The quantitative estimate of drug-likeness (QED) is 0.874. The van der Waals surface area contributed by atoms with E-state index in [2.05, 4.69) is 11.4 Å². The van der Waals surface area contributed by atoms with Crippen LogP contribution in [-0.4, -0.2) is 7.11 Å². The Hall–Kier alpha value is -1.90. The third kappa shape index (κ3) is 2.81. The Morgan fingerprint density at radius 3 is 2.59 bits per heavy atom. The summed E-state index contributed by atoms with van der Waals surface area (Å²) in [6, 6.07) is 9.98. The van der Waals surface area contributed by atoms with Crippen LogP contribution in [0.4, 0.5) is 5.69 Å². The maximum Gasteiger partial charge on any atom is 0.123 e. The number of aryl methyl sites for hydroxylation is 2. The molecule has 1 aromatic heterocycles. The van der Waals surface area contributed by atoms with Crippen LogP contribution >= 0.6 is 0 Å². The van der Waals surface area contributed by atoms with E-state index < -0.39 is 0 Å². The van der Waals surface area contributed by atoms with Crippen LogP contribution in [0.5, 0.6) is 5.75 Å². The molecule has 0 unspecified atom stereocenters. The van der Waals surface area contributed by atoms with E-state index >= 15 is 0 Å². The van der Waals surface area contributed by atoms with Crippen LogP contribution in [0.25, 0.3) is 0 Å². The Morgan fingerprint density at radius 1 is 1.18 bits per heavy atom. The van der Waals surface area contributed by atoms with Crippen molar-refractivity contribution >= 4 is 5.69 Å². The fourth-order valence-corrected chi connectivity index (χ4v) is 1.76. The summed E-state index contributed by atoms with van der Waals surface area (Å²) in [7, 11) is 1.68. The van der Waals surface area contributed by atoms with Gasteiger partial charge in [-0.05, 0) is 49.7 Å². The molecule has 0 aliphatic rings. The number of rotatable bonds is 4. The van der Waals surface area contributed by atoms with Crippen molar-refractivity contribution in [3.8, 4) is 5.75 Å². The van der Waals surface area contributed by atoms with Gasteiger partial charge in [-0.2, -0.15) is 0 Å². The second-order valence-electron chi connectivity index (χ2n) is 4.05. The molecule has 2 aromatic rings. The molecule has 3 nitrogen and oxygen atoms in total. The lowest BCUT2D eigenvalue weighted by atomic mass is 10.2. The highest BCUT2D eigenvalue weighted by Gasteiger charge is 2.01. The van der Waals surface area contributed by atoms with Gasteiger partial charge in [0.25, 0.3) is 0 Å². The largest absolute Gasteiger partial charge is 0.496 e. The molecule has 0 saturated carbocycles. The minimum absolute atomic E-state index is 0.694. The van der Waals surface area contributed by atoms with E-state index in [0.717, 1.165) is 28.5 Å². The van der Waals surface area contributed by atoms with Gasteiger partial charge in [-0.3, -0.25) is 0 Å². The van der Waals surface area contributed by atoms with Gasteiger partial charge in [0.1, 0.15) is 17.3 Å². The van der Waals surface area contributed by atoms with E-state index in [1.54, 1.807) is 7.11 Å². The molecule has 0 bridgehead atoms. The molecule has 0 atom stereocenters. The highest BCUT2D eigenvalue weighted by molar-refractivity contribution is 5.50. The van der Waals surface area contributed by atoms with Gasteiger partial charge in [-0.15, -0.1) is 0 Å². The monoisotopic (exact) mass is 231 g/mol. The zero-order chi connectivity index (χ0) is 12.3. The van der Waals surface area contributed by atoms with Crippen molar-refractivity contribution in [2.45, 2.75) is 20.4 Å². The molecular formula is C14H17NO2. The van der Waals surface area contributed by atoms with E-state index in [-0.39, 0.29) is 0 Å². The molecule has 0 aliphatic carbocycles. The van der Waals surface area contributed by atoms with Gasteiger partial charge < -0.3 is 14.5 Å². The van der Waals surface area contributed by atoms with Crippen molar-refractivity contribution in [2.24, 2.45) is 0 Å². The SMILES string of the molecule is COc1ccc(NCc2ccc(C)o2)cc1C. The molecule has 90 valence electrons.